The van der Waals surface area contributed by atoms with E-state index in [2.05, 4.69) is 58.8 Å². The third-order valence-electron chi connectivity index (χ3n) is 2.79. The topological polar surface area (TPSA) is 28.7 Å². The van der Waals surface area contributed by atoms with Crippen molar-refractivity contribution in [3.05, 3.63) is 51.0 Å². The maximum absolute atomic E-state index is 5.26. The Balaban J connectivity index is 2.15. The molecular formula is C15H17BrN2S2. The van der Waals surface area contributed by atoms with Gasteiger partial charge in [0.25, 0.3) is 0 Å². The molecule has 0 aliphatic heterocycles. The molecule has 0 unspecified atom stereocenters. The fourth-order valence-electron chi connectivity index (χ4n) is 1.66. The van der Waals surface area contributed by atoms with Gasteiger partial charge >= 0.3 is 0 Å². The summed E-state index contributed by atoms with van der Waals surface area (Å²) in [6, 6.07) is 10.2. The van der Waals surface area contributed by atoms with Gasteiger partial charge in [0, 0.05) is 20.5 Å². The van der Waals surface area contributed by atoms with E-state index < -0.39 is 0 Å². The van der Waals surface area contributed by atoms with E-state index in [1.165, 1.54) is 4.90 Å². The first-order valence-corrected chi connectivity index (χ1v) is 8.52. The molecule has 0 bridgehead atoms. The Bertz CT molecular complexity index is 642. The van der Waals surface area contributed by atoms with Crippen molar-refractivity contribution < 1.29 is 0 Å². The first-order chi connectivity index (χ1) is 9.34. The lowest BCUT2D eigenvalue weighted by molar-refractivity contribution is 0.563. The zero-order chi connectivity index (χ0) is 14.8. The number of hydrogen-bond donors (Lipinski definition) is 1. The van der Waals surface area contributed by atoms with E-state index in [1.54, 1.807) is 11.8 Å². The van der Waals surface area contributed by atoms with Crippen LogP contribution in [0.2, 0.25) is 0 Å². The molecule has 0 atom stereocenters. The summed E-state index contributed by atoms with van der Waals surface area (Å²) in [5, 5.41) is 0. The van der Waals surface area contributed by atoms with Crippen LogP contribution in [0.4, 0.5) is 0 Å². The molecule has 0 aliphatic carbocycles. The summed E-state index contributed by atoms with van der Waals surface area (Å²) in [6.07, 6.45) is 0. The van der Waals surface area contributed by atoms with Gasteiger partial charge in [-0.1, -0.05) is 48.9 Å². The summed E-state index contributed by atoms with van der Waals surface area (Å²) in [7, 11) is 0. The van der Waals surface area contributed by atoms with Gasteiger partial charge in [0.05, 0.1) is 5.75 Å². The molecule has 0 saturated heterocycles. The maximum atomic E-state index is 5.26. The number of benzene rings is 1. The summed E-state index contributed by atoms with van der Waals surface area (Å²) in [6.45, 7) is 6.50. The van der Waals surface area contributed by atoms with Crippen molar-refractivity contribution in [3.63, 3.8) is 0 Å². The van der Waals surface area contributed by atoms with Crippen LogP contribution in [0.1, 0.15) is 32.3 Å². The van der Waals surface area contributed by atoms with Gasteiger partial charge in [-0.2, -0.15) is 0 Å². The van der Waals surface area contributed by atoms with Crippen LogP contribution in [-0.2, 0) is 11.2 Å². The Morgan fingerprint density at radius 2 is 1.90 bits per heavy atom. The Morgan fingerprint density at radius 3 is 2.50 bits per heavy atom. The minimum absolute atomic E-state index is 0.0491. The van der Waals surface area contributed by atoms with Crippen molar-refractivity contribution in [1.82, 2.24) is 9.97 Å². The minimum Gasteiger partial charge on any atom is -0.346 e. The number of aromatic amines is 1. The Morgan fingerprint density at radius 1 is 1.25 bits per heavy atom. The molecule has 0 amide bonds. The quantitative estimate of drug-likeness (QED) is 0.573. The van der Waals surface area contributed by atoms with E-state index in [0.29, 0.717) is 4.64 Å². The minimum atomic E-state index is 0.0491. The molecule has 2 aromatic rings. The van der Waals surface area contributed by atoms with E-state index in [1.807, 2.05) is 18.2 Å². The average Bonchev–Trinajstić information content (AvgIpc) is 2.36. The Labute approximate surface area is 137 Å². The molecule has 106 valence electrons. The molecule has 2 nitrogen and oxygen atoms in total. The molecule has 0 spiro atoms. The zero-order valence-electron chi connectivity index (χ0n) is 11.7. The van der Waals surface area contributed by atoms with E-state index in [0.717, 1.165) is 21.7 Å². The Kier molecular flexibility index (Phi) is 5.04. The largest absolute Gasteiger partial charge is 0.346 e. The predicted molar refractivity (Wildman–Crippen MR) is 91.8 cm³/mol. The standard InChI is InChI=1S/C15H17BrN2S2/c1-15(2,3)12-8-14(19)18-13(17-12)9-20-11-6-4-10(16)5-7-11/h4-8H,9H2,1-3H3,(H,17,18,19). The second-order valence-corrected chi connectivity index (χ2v) is 7.96. The van der Waals surface area contributed by atoms with E-state index in [4.69, 9.17) is 12.2 Å². The molecule has 1 N–H and O–H groups in total. The van der Waals surface area contributed by atoms with Gasteiger partial charge in [0.1, 0.15) is 10.5 Å². The van der Waals surface area contributed by atoms with Crippen molar-refractivity contribution in [2.45, 2.75) is 36.8 Å². The molecule has 2 rings (SSSR count). The monoisotopic (exact) mass is 368 g/mol. The van der Waals surface area contributed by atoms with Gasteiger partial charge in [0.15, 0.2) is 0 Å². The number of H-pyrrole nitrogens is 1. The highest BCUT2D eigenvalue weighted by molar-refractivity contribution is 9.10. The van der Waals surface area contributed by atoms with E-state index in [9.17, 15) is 0 Å². The second-order valence-electron chi connectivity index (χ2n) is 5.57. The SMILES string of the molecule is CC(C)(C)c1cc(=S)nc(CSc2ccc(Br)cc2)[nH]1. The predicted octanol–water partition coefficient (Wildman–Crippen LogP) is 5.49. The van der Waals surface area contributed by atoms with Gasteiger partial charge in [-0.3, -0.25) is 0 Å². The van der Waals surface area contributed by atoms with Gasteiger partial charge in [-0.05, 0) is 30.3 Å². The number of halogens is 1. The van der Waals surface area contributed by atoms with E-state index in [-0.39, 0.29) is 5.41 Å². The van der Waals surface area contributed by atoms with Crippen LogP contribution in [-0.4, -0.2) is 9.97 Å². The molecule has 20 heavy (non-hydrogen) atoms. The normalized spacial score (nSPS) is 11.6. The van der Waals surface area contributed by atoms with Crippen LogP contribution in [0.5, 0.6) is 0 Å². The highest BCUT2D eigenvalue weighted by atomic mass is 79.9. The summed E-state index contributed by atoms with van der Waals surface area (Å²) in [5.74, 6) is 1.71. The first kappa shape index (κ1) is 15.7. The third-order valence-corrected chi connectivity index (χ3v) is 4.55. The zero-order valence-corrected chi connectivity index (χ0v) is 15.0. The fourth-order valence-corrected chi connectivity index (χ4v) is 2.92. The van der Waals surface area contributed by atoms with E-state index >= 15 is 0 Å². The van der Waals surface area contributed by atoms with Gasteiger partial charge in [-0.25, -0.2) is 4.98 Å². The smallest absolute Gasteiger partial charge is 0.130 e. The molecule has 1 heterocycles. The number of aromatic nitrogens is 2. The molecule has 1 aromatic heterocycles. The van der Waals surface area contributed by atoms with Crippen molar-refractivity contribution in [2.75, 3.05) is 0 Å². The second kappa shape index (κ2) is 6.41. The molecule has 0 aliphatic rings. The molecule has 0 radical (unpaired) electrons. The highest BCUT2D eigenvalue weighted by Gasteiger charge is 2.15. The van der Waals surface area contributed by atoms with Gasteiger partial charge in [0.2, 0.25) is 0 Å². The number of nitrogens with zero attached hydrogens (tertiary/aromatic N) is 1. The molecule has 0 saturated carbocycles. The van der Waals surface area contributed by atoms with Crippen LogP contribution in [0.25, 0.3) is 0 Å². The third kappa shape index (κ3) is 4.43. The lowest BCUT2D eigenvalue weighted by Gasteiger charge is -2.19. The number of hydrogen-bond acceptors (Lipinski definition) is 3. The van der Waals surface area contributed by atoms with Crippen molar-refractivity contribution in [2.24, 2.45) is 0 Å². The lowest BCUT2D eigenvalue weighted by atomic mass is 9.92. The number of nitrogens with one attached hydrogen (secondary N) is 1. The lowest BCUT2D eigenvalue weighted by Crippen LogP contribution is -2.15. The summed E-state index contributed by atoms with van der Waals surface area (Å²) in [4.78, 5) is 9.03. The van der Waals surface area contributed by atoms with Crippen LogP contribution in [0.15, 0.2) is 39.7 Å². The molecule has 5 heteroatoms. The van der Waals surface area contributed by atoms with Gasteiger partial charge < -0.3 is 4.98 Å². The maximum Gasteiger partial charge on any atom is 0.130 e. The van der Waals surface area contributed by atoms with Crippen LogP contribution >= 0.6 is 39.9 Å². The van der Waals surface area contributed by atoms with Crippen LogP contribution in [0.3, 0.4) is 0 Å². The Hall–Kier alpha value is -0.650. The first-order valence-electron chi connectivity index (χ1n) is 6.34. The van der Waals surface area contributed by atoms with Crippen LogP contribution < -0.4 is 0 Å². The van der Waals surface area contributed by atoms with Crippen molar-refractivity contribution >= 4 is 39.9 Å². The molecule has 0 fully saturated rings. The number of thioether (sulfide) groups is 1. The fraction of sp³-hybridized carbons (Fsp3) is 0.333. The van der Waals surface area contributed by atoms with Crippen molar-refractivity contribution in [3.8, 4) is 0 Å². The summed E-state index contributed by atoms with van der Waals surface area (Å²) >= 11 is 10.4. The average molecular weight is 369 g/mol. The summed E-state index contributed by atoms with van der Waals surface area (Å²) < 4.78 is 1.74. The number of rotatable bonds is 3. The van der Waals surface area contributed by atoms with Crippen LogP contribution in [0, 0.1) is 4.64 Å². The molecule has 1 aromatic carbocycles. The van der Waals surface area contributed by atoms with Gasteiger partial charge in [-0.15, -0.1) is 11.8 Å². The highest BCUT2D eigenvalue weighted by Crippen LogP contribution is 2.25. The molecular weight excluding hydrogens is 352 g/mol. The summed E-state index contributed by atoms with van der Waals surface area (Å²) in [5.41, 5.74) is 1.18. The van der Waals surface area contributed by atoms with Crippen molar-refractivity contribution in [1.29, 1.82) is 0 Å².